The Morgan fingerprint density at radius 2 is 1.74 bits per heavy atom. The lowest BCUT2D eigenvalue weighted by Crippen LogP contribution is -2.55. The van der Waals surface area contributed by atoms with Crippen molar-refractivity contribution in [3.63, 3.8) is 0 Å². The first-order chi connectivity index (χ1) is 14.6. The number of amides is 1. The molecular formula is C22H17F5N2O2. The number of likely N-dealkylation sites (tertiary alicyclic amines) is 1. The van der Waals surface area contributed by atoms with Crippen molar-refractivity contribution in [2.45, 2.75) is 24.6 Å². The Labute approximate surface area is 174 Å². The van der Waals surface area contributed by atoms with E-state index in [1.165, 1.54) is 18.2 Å². The summed E-state index contributed by atoms with van der Waals surface area (Å²) in [5.41, 5.74) is -1.14. The van der Waals surface area contributed by atoms with Crippen molar-refractivity contribution in [2.24, 2.45) is 0 Å². The quantitative estimate of drug-likeness (QED) is 0.532. The van der Waals surface area contributed by atoms with Crippen molar-refractivity contribution >= 4 is 16.8 Å². The molecule has 4 rings (SSSR count). The fraction of sp³-hybridized carbons (Fsp3) is 0.273. The molecule has 0 spiro atoms. The van der Waals surface area contributed by atoms with Crippen LogP contribution in [0.4, 0.5) is 22.0 Å². The van der Waals surface area contributed by atoms with E-state index in [0.29, 0.717) is 5.52 Å². The second-order valence-corrected chi connectivity index (χ2v) is 7.25. The molecule has 0 bridgehead atoms. The van der Waals surface area contributed by atoms with Crippen LogP contribution in [0.5, 0.6) is 5.88 Å². The highest BCUT2D eigenvalue weighted by atomic mass is 19.4. The van der Waals surface area contributed by atoms with Crippen LogP contribution in [-0.4, -0.2) is 40.9 Å². The van der Waals surface area contributed by atoms with E-state index in [1.54, 1.807) is 24.3 Å². The number of hydrogen-bond acceptors (Lipinski definition) is 3. The van der Waals surface area contributed by atoms with Crippen LogP contribution in [0, 0.1) is 0 Å². The Morgan fingerprint density at radius 3 is 2.52 bits per heavy atom. The number of alkyl halides is 5. The molecule has 31 heavy (non-hydrogen) atoms. The molecule has 1 saturated heterocycles. The molecule has 4 nitrogen and oxygen atoms in total. The third-order valence-electron chi connectivity index (χ3n) is 5.16. The molecule has 162 valence electrons. The van der Waals surface area contributed by atoms with E-state index in [0.717, 1.165) is 22.4 Å². The van der Waals surface area contributed by atoms with Gasteiger partial charge in [-0.15, -0.1) is 0 Å². The van der Waals surface area contributed by atoms with Crippen molar-refractivity contribution in [3.8, 4) is 5.88 Å². The average molecular weight is 436 g/mol. The number of piperidine rings is 1. The predicted molar refractivity (Wildman–Crippen MR) is 103 cm³/mol. The summed E-state index contributed by atoms with van der Waals surface area (Å²) in [5, 5.41) is 0.797. The maximum absolute atomic E-state index is 14.5. The highest BCUT2D eigenvalue weighted by Crippen LogP contribution is 2.35. The number of hydrogen-bond donors (Lipinski definition) is 0. The molecule has 0 aliphatic carbocycles. The number of benzene rings is 2. The molecule has 1 aliphatic heterocycles. The molecule has 1 aliphatic rings. The van der Waals surface area contributed by atoms with Gasteiger partial charge in [-0.1, -0.05) is 30.3 Å². The number of nitrogens with zero attached hydrogens (tertiary/aromatic N) is 2. The summed E-state index contributed by atoms with van der Waals surface area (Å²) in [6, 6.07) is 14.5. The van der Waals surface area contributed by atoms with E-state index in [-0.39, 0.29) is 12.4 Å². The first-order valence-corrected chi connectivity index (χ1v) is 9.51. The number of carbonyl (C=O) groups excluding carboxylic acids is 1. The zero-order chi connectivity index (χ0) is 22.2. The van der Waals surface area contributed by atoms with Crippen LogP contribution in [0.25, 0.3) is 10.9 Å². The molecule has 1 fully saturated rings. The molecule has 2 aromatic carbocycles. The van der Waals surface area contributed by atoms with Crippen molar-refractivity contribution in [3.05, 3.63) is 71.8 Å². The van der Waals surface area contributed by atoms with Gasteiger partial charge in [0.1, 0.15) is 0 Å². The topological polar surface area (TPSA) is 42.4 Å². The van der Waals surface area contributed by atoms with E-state index in [4.69, 9.17) is 4.74 Å². The summed E-state index contributed by atoms with van der Waals surface area (Å²) in [5.74, 6) is -4.29. The van der Waals surface area contributed by atoms with Crippen LogP contribution < -0.4 is 4.74 Å². The van der Waals surface area contributed by atoms with Gasteiger partial charge in [0.05, 0.1) is 23.2 Å². The van der Waals surface area contributed by atoms with Gasteiger partial charge >= 0.3 is 6.18 Å². The number of aromatic nitrogens is 1. The van der Waals surface area contributed by atoms with Crippen molar-refractivity contribution in [2.75, 3.05) is 13.1 Å². The molecule has 1 aromatic heterocycles. The van der Waals surface area contributed by atoms with Crippen LogP contribution >= 0.6 is 0 Å². The first-order valence-electron chi connectivity index (χ1n) is 9.51. The largest absolute Gasteiger partial charge is 0.466 e. The minimum atomic E-state index is -4.74. The number of pyridine rings is 1. The number of halogens is 5. The molecule has 2 heterocycles. The highest BCUT2D eigenvalue weighted by Gasteiger charge is 2.48. The van der Waals surface area contributed by atoms with Crippen LogP contribution in [0.3, 0.4) is 0 Å². The second-order valence-electron chi connectivity index (χ2n) is 7.25. The van der Waals surface area contributed by atoms with Gasteiger partial charge in [0, 0.05) is 24.4 Å². The molecule has 1 amide bonds. The molecule has 0 saturated carbocycles. The smallest absolute Gasteiger partial charge is 0.417 e. The fourth-order valence-corrected chi connectivity index (χ4v) is 3.52. The minimum absolute atomic E-state index is 0.0478. The molecule has 9 heteroatoms. The summed E-state index contributed by atoms with van der Waals surface area (Å²) in [6.45, 7) is -0.949. The van der Waals surface area contributed by atoms with E-state index in [1.807, 2.05) is 6.07 Å². The molecule has 0 N–H and O–H groups in total. The van der Waals surface area contributed by atoms with E-state index >= 15 is 0 Å². The molecular weight excluding hydrogens is 419 g/mol. The SMILES string of the molecule is O=C(c1ccccc1C(F)(F)F)N1CCC(F)(F)C(Oc2ccc3ccccc3n2)C1. The van der Waals surface area contributed by atoms with Gasteiger partial charge in [-0.2, -0.15) is 13.2 Å². The third kappa shape index (κ3) is 4.30. The fourth-order valence-electron chi connectivity index (χ4n) is 3.52. The lowest BCUT2D eigenvalue weighted by atomic mass is 10.0. The lowest BCUT2D eigenvalue weighted by Gasteiger charge is -2.38. The Bertz CT molecular complexity index is 1120. The zero-order valence-electron chi connectivity index (χ0n) is 16.1. The molecule has 0 radical (unpaired) electrons. The van der Waals surface area contributed by atoms with Crippen LogP contribution in [-0.2, 0) is 6.18 Å². The Morgan fingerprint density at radius 1 is 1.03 bits per heavy atom. The van der Waals surface area contributed by atoms with Crippen molar-refractivity contribution in [1.29, 1.82) is 0 Å². The van der Waals surface area contributed by atoms with Gasteiger partial charge < -0.3 is 9.64 Å². The predicted octanol–water partition coefficient (Wildman–Crippen LogP) is 5.18. The summed E-state index contributed by atoms with van der Waals surface area (Å²) in [6.07, 6.45) is -7.21. The average Bonchev–Trinajstić information content (AvgIpc) is 2.74. The number of para-hydroxylation sites is 1. The van der Waals surface area contributed by atoms with Crippen molar-refractivity contribution in [1.82, 2.24) is 9.88 Å². The van der Waals surface area contributed by atoms with Crippen molar-refractivity contribution < 1.29 is 31.5 Å². The van der Waals surface area contributed by atoms with Crippen LogP contribution in [0.2, 0.25) is 0 Å². The number of carbonyl (C=O) groups is 1. The molecule has 1 atom stereocenters. The summed E-state index contributed by atoms with van der Waals surface area (Å²) < 4.78 is 74.2. The maximum atomic E-state index is 14.5. The zero-order valence-corrected chi connectivity index (χ0v) is 16.1. The van der Waals surface area contributed by atoms with Gasteiger partial charge in [0.15, 0.2) is 6.10 Å². The summed E-state index contributed by atoms with van der Waals surface area (Å²) in [7, 11) is 0. The molecule has 3 aromatic rings. The normalized spacial score (nSPS) is 18.7. The molecule has 1 unspecified atom stereocenters. The third-order valence-corrected chi connectivity index (χ3v) is 5.16. The number of ether oxygens (including phenoxy) is 1. The maximum Gasteiger partial charge on any atom is 0.417 e. The summed E-state index contributed by atoms with van der Waals surface area (Å²) >= 11 is 0. The van der Waals surface area contributed by atoms with Crippen LogP contribution in [0.1, 0.15) is 22.3 Å². The Balaban J connectivity index is 1.58. The van der Waals surface area contributed by atoms with E-state index in [2.05, 4.69) is 4.98 Å². The Hall–Kier alpha value is -3.23. The highest BCUT2D eigenvalue weighted by molar-refractivity contribution is 5.96. The van der Waals surface area contributed by atoms with E-state index in [9.17, 15) is 26.7 Å². The first kappa shape index (κ1) is 21.0. The standard InChI is InChI=1S/C22H17F5N2O2/c23-21(24)11-12-29(20(30)15-6-2-3-7-16(15)22(25,26)27)13-18(21)31-19-10-9-14-5-1-4-8-17(14)28-19/h1-10,18H,11-13H2. The van der Waals surface area contributed by atoms with Gasteiger partial charge in [-0.05, 0) is 24.3 Å². The summed E-state index contributed by atoms with van der Waals surface area (Å²) in [4.78, 5) is 17.9. The Kier molecular flexibility index (Phi) is 5.28. The minimum Gasteiger partial charge on any atom is -0.466 e. The van der Waals surface area contributed by atoms with Gasteiger partial charge in [0.25, 0.3) is 11.8 Å². The lowest BCUT2D eigenvalue weighted by molar-refractivity contribution is -0.139. The van der Waals surface area contributed by atoms with Gasteiger partial charge in [-0.3, -0.25) is 4.79 Å². The van der Waals surface area contributed by atoms with Gasteiger partial charge in [-0.25, -0.2) is 13.8 Å². The van der Waals surface area contributed by atoms with E-state index < -0.39 is 48.2 Å². The van der Waals surface area contributed by atoms with Gasteiger partial charge in [0.2, 0.25) is 5.88 Å². The monoisotopic (exact) mass is 436 g/mol. The number of rotatable bonds is 3. The second kappa shape index (κ2) is 7.79. The number of fused-ring (bicyclic) bond motifs is 1. The van der Waals surface area contributed by atoms with Crippen LogP contribution in [0.15, 0.2) is 60.7 Å².